The monoisotopic (exact) mass is 648 g/mol. The first-order chi connectivity index (χ1) is 24.2. The molecule has 0 aromatic heterocycles. The van der Waals surface area contributed by atoms with E-state index in [2.05, 4.69) is 67.6 Å². The topological polar surface area (TPSA) is 46.2 Å². The lowest BCUT2D eigenvalue weighted by Crippen LogP contribution is -2.24. The van der Waals surface area contributed by atoms with Gasteiger partial charge in [0.25, 0.3) is 0 Å². The fourth-order valence-corrected chi connectivity index (χ4v) is 6.07. The average Bonchev–Trinajstić information content (AvgIpc) is 3.16. The third-order valence-electron chi connectivity index (χ3n) is 8.69. The predicted molar refractivity (Wildman–Crippen MR) is 192 cm³/mol. The largest absolute Gasteiger partial charge is 0.489 e. The van der Waals surface area contributed by atoms with Crippen molar-refractivity contribution in [1.82, 2.24) is 0 Å². The summed E-state index contributed by atoms with van der Waals surface area (Å²) in [5.41, 5.74) is 6.45. The summed E-state index contributed by atoms with van der Waals surface area (Å²) in [4.78, 5) is 0. The zero-order valence-corrected chi connectivity index (χ0v) is 27.7. The molecule has 0 saturated carbocycles. The van der Waals surface area contributed by atoms with Crippen molar-refractivity contribution < 1.29 is 23.7 Å². The summed E-state index contributed by atoms with van der Waals surface area (Å²) >= 11 is 0. The SMILES string of the molecule is C[C@@H]1Cc2c(OCc3ccccc3)cc(OCc3ccccc3)cc2O[C@@H]1c1ccc(OCc2ccccc2)c(OCc2ccccc2)c1. The Hall–Kier alpha value is -5.68. The van der Waals surface area contributed by atoms with Gasteiger partial charge < -0.3 is 23.7 Å². The summed E-state index contributed by atoms with van der Waals surface area (Å²) in [6.07, 6.45) is 0.580. The number of hydrogen-bond donors (Lipinski definition) is 0. The van der Waals surface area contributed by atoms with Crippen molar-refractivity contribution >= 4 is 0 Å². The van der Waals surface area contributed by atoms with Gasteiger partial charge >= 0.3 is 0 Å². The molecule has 5 heteroatoms. The molecule has 6 aromatic carbocycles. The zero-order chi connectivity index (χ0) is 33.3. The highest BCUT2D eigenvalue weighted by atomic mass is 16.5. The van der Waals surface area contributed by atoms with E-state index in [4.69, 9.17) is 23.7 Å². The molecule has 49 heavy (non-hydrogen) atoms. The molecule has 0 saturated heterocycles. The van der Waals surface area contributed by atoms with E-state index < -0.39 is 0 Å². The van der Waals surface area contributed by atoms with Gasteiger partial charge in [-0.25, -0.2) is 0 Å². The van der Waals surface area contributed by atoms with E-state index in [9.17, 15) is 0 Å². The molecule has 0 unspecified atom stereocenters. The first kappa shape index (κ1) is 31.9. The maximum absolute atomic E-state index is 6.85. The van der Waals surface area contributed by atoms with E-state index in [1.54, 1.807) is 0 Å². The molecule has 0 bridgehead atoms. The van der Waals surface area contributed by atoms with Crippen LogP contribution in [0.4, 0.5) is 0 Å². The van der Waals surface area contributed by atoms with E-state index >= 15 is 0 Å². The molecule has 0 fully saturated rings. The molecule has 5 nitrogen and oxygen atoms in total. The summed E-state index contributed by atoms with van der Waals surface area (Å²) in [6.45, 7) is 4.01. The minimum Gasteiger partial charge on any atom is -0.489 e. The van der Waals surface area contributed by atoms with Crippen LogP contribution in [-0.4, -0.2) is 0 Å². The van der Waals surface area contributed by atoms with Gasteiger partial charge in [0, 0.05) is 23.6 Å². The molecule has 0 N–H and O–H groups in total. The number of benzene rings is 6. The highest BCUT2D eigenvalue weighted by molar-refractivity contribution is 5.53. The number of hydrogen-bond acceptors (Lipinski definition) is 5. The molecule has 2 atom stereocenters. The molecule has 0 aliphatic carbocycles. The Morgan fingerprint density at radius 3 is 1.49 bits per heavy atom. The van der Waals surface area contributed by atoms with Crippen LogP contribution in [0.2, 0.25) is 0 Å². The van der Waals surface area contributed by atoms with Crippen molar-refractivity contribution in [3.8, 4) is 28.7 Å². The molecule has 7 rings (SSSR count). The Labute approximate surface area is 288 Å². The number of rotatable bonds is 13. The third kappa shape index (κ3) is 8.25. The molecule has 246 valence electrons. The lowest BCUT2D eigenvalue weighted by molar-refractivity contribution is 0.119. The highest BCUT2D eigenvalue weighted by Crippen LogP contribution is 2.46. The lowest BCUT2D eigenvalue weighted by Gasteiger charge is -2.33. The molecular weight excluding hydrogens is 608 g/mol. The van der Waals surface area contributed by atoms with E-state index in [1.165, 1.54) is 0 Å². The Kier molecular flexibility index (Phi) is 10.1. The van der Waals surface area contributed by atoms with Gasteiger partial charge in [0.1, 0.15) is 49.8 Å². The lowest BCUT2D eigenvalue weighted by atomic mass is 9.87. The van der Waals surface area contributed by atoms with Crippen LogP contribution in [0.5, 0.6) is 28.7 Å². The highest BCUT2D eigenvalue weighted by Gasteiger charge is 2.32. The second-order valence-electron chi connectivity index (χ2n) is 12.4. The van der Waals surface area contributed by atoms with Gasteiger partial charge in [-0.15, -0.1) is 0 Å². The first-order valence-electron chi connectivity index (χ1n) is 16.8. The van der Waals surface area contributed by atoms with Gasteiger partial charge in [0.2, 0.25) is 0 Å². The second-order valence-corrected chi connectivity index (χ2v) is 12.4. The molecular formula is C44H40O5. The molecule has 0 amide bonds. The van der Waals surface area contributed by atoms with Crippen molar-refractivity contribution in [3.63, 3.8) is 0 Å². The maximum atomic E-state index is 6.85. The molecule has 1 aliphatic heterocycles. The molecule has 1 heterocycles. The minimum atomic E-state index is -0.207. The molecule has 6 aromatic rings. The van der Waals surface area contributed by atoms with Crippen molar-refractivity contribution in [1.29, 1.82) is 0 Å². The summed E-state index contributed by atoms with van der Waals surface area (Å²) in [6, 6.07) is 50.9. The minimum absolute atomic E-state index is 0.167. The van der Waals surface area contributed by atoms with E-state index in [1.807, 2.05) is 91.0 Å². The number of fused-ring (bicyclic) bond motifs is 1. The van der Waals surface area contributed by atoms with Crippen LogP contribution in [-0.2, 0) is 32.8 Å². The third-order valence-corrected chi connectivity index (χ3v) is 8.69. The smallest absolute Gasteiger partial charge is 0.162 e. The fraction of sp³-hybridized carbons (Fsp3) is 0.182. The van der Waals surface area contributed by atoms with Crippen LogP contribution >= 0.6 is 0 Å². The maximum Gasteiger partial charge on any atom is 0.162 e. The van der Waals surface area contributed by atoms with Gasteiger partial charge in [-0.05, 0) is 46.4 Å². The van der Waals surface area contributed by atoms with Crippen LogP contribution in [0.15, 0.2) is 152 Å². The standard InChI is InChI=1S/C44H40O5/c1-32-24-39-41(47-30-35-18-10-4-11-19-35)26-38(45-28-33-14-6-2-7-15-33)27-42(39)49-44(32)37-22-23-40(46-29-34-16-8-3-9-17-34)43(25-37)48-31-36-20-12-5-13-21-36/h2-23,25-27,32,44H,24,28-31H2,1H3/t32-,44+/m1/s1. The zero-order valence-electron chi connectivity index (χ0n) is 27.7. The Morgan fingerprint density at radius 1 is 0.490 bits per heavy atom. The number of ether oxygens (including phenoxy) is 5. The first-order valence-corrected chi connectivity index (χ1v) is 16.8. The Morgan fingerprint density at radius 2 is 0.959 bits per heavy atom. The van der Waals surface area contributed by atoms with Gasteiger partial charge in [-0.3, -0.25) is 0 Å². The van der Waals surface area contributed by atoms with E-state index in [0.717, 1.165) is 51.3 Å². The summed E-state index contributed by atoms with van der Waals surface area (Å²) < 4.78 is 32.3. The summed E-state index contributed by atoms with van der Waals surface area (Å²) in [5, 5.41) is 0. The van der Waals surface area contributed by atoms with Crippen molar-refractivity contribution in [3.05, 3.63) is 185 Å². The van der Waals surface area contributed by atoms with Crippen molar-refractivity contribution in [2.45, 2.75) is 45.9 Å². The summed E-state index contributed by atoms with van der Waals surface area (Å²) in [5.74, 6) is 3.81. The van der Waals surface area contributed by atoms with Crippen LogP contribution in [0.1, 0.15) is 46.4 Å². The van der Waals surface area contributed by atoms with Crippen molar-refractivity contribution in [2.24, 2.45) is 5.92 Å². The molecule has 1 aliphatic rings. The quantitative estimate of drug-likeness (QED) is 0.125. The van der Waals surface area contributed by atoms with Crippen LogP contribution in [0.3, 0.4) is 0 Å². The predicted octanol–water partition coefficient (Wildman–Crippen LogP) is 10.3. The second kappa shape index (κ2) is 15.5. The van der Waals surface area contributed by atoms with Gasteiger partial charge in [-0.1, -0.05) is 134 Å². The van der Waals surface area contributed by atoms with Crippen LogP contribution in [0, 0.1) is 5.92 Å². The normalized spacial score (nSPS) is 15.0. The van der Waals surface area contributed by atoms with E-state index in [-0.39, 0.29) is 12.0 Å². The Bertz CT molecular complexity index is 1930. The van der Waals surface area contributed by atoms with Gasteiger partial charge in [-0.2, -0.15) is 0 Å². The van der Waals surface area contributed by atoms with Crippen LogP contribution in [0.25, 0.3) is 0 Å². The van der Waals surface area contributed by atoms with Gasteiger partial charge in [0.15, 0.2) is 11.5 Å². The van der Waals surface area contributed by atoms with Crippen molar-refractivity contribution in [2.75, 3.05) is 0 Å². The average molecular weight is 649 g/mol. The van der Waals surface area contributed by atoms with Gasteiger partial charge in [0.05, 0.1) is 0 Å². The summed E-state index contributed by atoms with van der Waals surface area (Å²) in [7, 11) is 0. The van der Waals surface area contributed by atoms with E-state index in [0.29, 0.717) is 43.7 Å². The Balaban J connectivity index is 1.16. The molecule has 0 spiro atoms. The fourth-order valence-electron chi connectivity index (χ4n) is 6.07. The molecule has 0 radical (unpaired) electrons. The van der Waals surface area contributed by atoms with Crippen LogP contribution < -0.4 is 23.7 Å².